The molecule has 1 aromatic carbocycles. The summed E-state index contributed by atoms with van der Waals surface area (Å²) in [6, 6.07) is 5.87. The van der Waals surface area contributed by atoms with Crippen LogP contribution in [-0.2, 0) is 10.0 Å². The van der Waals surface area contributed by atoms with Crippen LogP contribution in [-0.4, -0.2) is 28.5 Å². The first kappa shape index (κ1) is 16.3. The summed E-state index contributed by atoms with van der Waals surface area (Å²) in [5, 5.41) is 1.73. The lowest BCUT2D eigenvalue weighted by Gasteiger charge is -2.10. The Kier molecular flexibility index (Phi) is 4.72. The van der Waals surface area contributed by atoms with Crippen LogP contribution in [0, 0.1) is 6.92 Å². The molecule has 2 aromatic rings. The van der Waals surface area contributed by atoms with Crippen molar-refractivity contribution in [2.45, 2.75) is 11.8 Å². The average Bonchev–Trinajstić information content (AvgIpc) is 2.92. The molecule has 0 saturated heterocycles. The monoisotopic (exact) mass is 341 g/mol. The number of carbonyl (C=O) groups excluding carboxylic acids is 1. The lowest BCUT2D eigenvalue weighted by molar-refractivity contribution is 0.0985. The predicted octanol–water partition coefficient (Wildman–Crippen LogP) is 2.19. The number of sulfonamides is 1. The maximum atomic E-state index is 12.3. The van der Waals surface area contributed by atoms with Gasteiger partial charge in [0.25, 0.3) is 15.9 Å². The van der Waals surface area contributed by atoms with Crippen molar-refractivity contribution in [1.82, 2.24) is 4.72 Å². The van der Waals surface area contributed by atoms with Crippen molar-refractivity contribution in [2.24, 2.45) is 0 Å². The highest BCUT2D eigenvalue weighted by Crippen LogP contribution is 2.29. The van der Waals surface area contributed by atoms with E-state index < -0.39 is 15.9 Å². The molecule has 2 rings (SSSR count). The fraction of sp³-hybridized carbons (Fsp3) is 0.214. The average molecular weight is 341 g/mol. The number of nitrogens with one attached hydrogen (secondary N) is 1. The Bertz CT molecular complexity index is 795. The summed E-state index contributed by atoms with van der Waals surface area (Å²) in [4.78, 5) is 12.3. The molecule has 1 aromatic heterocycles. The number of carbonyl (C=O) groups is 1. The molecule has 0 atom stereocenters. The lowest BCUT2D eigenvalue weighted by Crippen LogP contribution is -2.30. The van der Waals surface area contributed by atoms with Crippen LogP contribution < -0.4 is 14.2 Å². The second-order valence-corrected chi connectivity index (χ2v) is 6.98. The number of rotatable bonds is 5. The summed E-state index contributed by atoms with van der Waals surface area (Å²) < 4.78 is 36.8. The molecule has 0 unspecified atom stereocenters. The number of methoxy groups -OCH3 is 2. The predicted molar refractivity (Wildman–Crippen MR) is 83.3 cm³/mol. The van der Waals surface area contributed by atoms with Crippen molar-refractivity contribution in [3.63, 3.8) is 0 Å². The molecule has 1 N–H and O–H groups in total. The first-order valence-corrected chi connectivity index (χ1v) is 8.58. The van der Waals surface area contributed by atoms with E-state index in [9.17, 15) is 13.2 Å². The molecule has 0 radical (unpaired) electrons. The van der Waals surface area contributed by atoms with E-state index in [1.54, 1.807) is 18.4 Å². The van der Waals surface area contributed by atoms with E-state index in [1.165, 1.54) is 43.8 Å². The number of amides is 1. The molecule has 118 valence electrons. The molecule has 22 heavy (non-hydrogen) atoms. The van der Waals surface area contributed by atoms with Crippen molar-refractivity contribution < 1.29 is 22.7 Å². The summed E-state index contributed by atoms with van der Waals surface area (Å²) in [6.45, 7) is 1.74. The number of aryl methyl sites for hydroxylation is 1. The van der Waals surface area contributed by atoms with E-state index in [1.807, 2.05) is 0 Å². The minimum absolute atomic E-state index is 0.0762. The van der Waals surface area contributed by atoms with Crippen molar-refractivity contribution in [2.75, 3.05) is 14.2 Å². The first-order chi connectivity index (χ1) is 10.4. The summed E-state index contributed by atoms with van der Waals surface area (Å²) in [7, 11) is -1.13. The maximum Gasteiger partial charge on any atom is 0.275 e. The molecule has 0 saturated carbocycles. The number of hydrogen-bond donors (Lipinski definition) is 1. The maximum absolute atomic E-state index is 12.3. The number of benzene rings is 1. The third kappa shape index (κ3) is 3.23. The van der Waals surface area contributed by atoms with E-state index >= 15 is 0 Å². The minimum atomic E-state index is -3.99. The van der Waals surface area contributed by atoms with Gasteiger partial charge in [-0.15, -0.1) is 11.3 Å². The summed E-state index contributed by atoms with van der Waals surface area (Å²) in [5.41, 5.74) is 0.727. The molecule has 1 amide bonds. The number of ether oxygens (including phenoxy) is 2. The molecule has 8 heteroatoms. The van der Waals surface area contributed by atoms with Crippen LogP contribution in [0.25, 0.3) is 0 Å². The zero-order valence-corrected chi connectivity index (χ0v) is 13.9. The second kappa shape index (κ2) is 6.37. The summed E-state index contributed by atoms with van der Waals surface area (Å²) in [6.07, 6.45) is 0. The van der Waals surface area contributed by atoms with Crippen LogP contribution in [0.4, 0.5) is 0 Å². The molecule has 0 bridgehead atoms. The van der Waals surface area contributed by atoms with Gasteiger partial charge in [-0.3, -0.25) is 4.79 Å². The fourth-order valence-electron chi connectivity index (χ4n) is 1.82. The van der Waals surface area contributed by atoms with E-state index in [0.29, 0.717) is 10.6 Å². The Morgan fingerprint density at radius 1 is 1.14 bits per heavy atom. The summed E-state index contributed by atoms with van der Waals surface area (Å²) in [5.74, 6) is 0.0225. The highest BCUT2D eigenvalue weighted by molar-refractivity contribution is 7.90. The Morgan fingerprint density at radius 2 is 1.82 bits per heavy atom. The molecule has 0 aliphatic rings. The van der Waals surface area contributed by atoms with Gasteiger partial charge in [0.2, 0.25) is 0 Å². The molecular formula is C14H15NO5S2. The molecule has 1 heterocycles. The van der Waals surface area contributed by atoms with E-state index in [-0.39, 0.29) is 10.6 Å². The van der Waals surface area contributed by atoms with Gasteiger partial charge in [0.1, 0.15) is 0 Å². The quantitative estimate of drug-likeness (QED) is 0.901. The van der Waals surface area contributed by atoms with Gasteiger partial charge in [0.15, 0.2) is 11.5 Å². The van der Waals surface area contributed by atoms with Crippen LogP contribution in [0.3, 0.4) is 0 Å². The lowest BCUT2D eigenvalue weighted by atomic mass is 10.3. The molecule has 0 spiro atoms. The van der Waals surface area contributed by atoms with Gasteiger partial charge in [0.05, 0.1) is 24.0 Å². The Labute approximate surface area is 132 Å². The molecule has 0 aliphatic heterocycles. The van der Waals surface area contributed by atoms with Crippen molar-refractivity contribution in [3.8, 4) is 11.5 Å². The Morgan fingerprint density at radius 3 is 2.36 bits per heavy atom. The van der Waals surface area contributed by atoms with E-state index in [2.05, 4.69) is 4.72 Å². The van der Waals surface area contributed by atoms with Crippen LogP contribution in [0.15, 0.2) is 34.5 Å². The highest BCUT2D eigenvalue weighted by Gasteiger charge is 2.22. The number of hydrogen-bond acceptors (Lipinski definition) is 6. The minimum Gasteiger partial charge on any atom is -0.493 e. The van der Waals surface area contributed by atoms with Crippen LogP contribution in [0.5, 0.6) is 11.5 Å². The second-order valence-electron chi connectivity index (χ2n) is 4.38. The Balaban J connectivity index is 2.31. The van der Waals surface area contributed by atoms with Gasteiger partial charge in [-0.25, -0.2) is 13.1 Å². The van der Waals surface area contributed by atoms with E-state index in [4.69, 9.17) is 9.47 Å². The van der Waals surface area contributed by atoms with Gasteiger partial charge in [-0.1, -0.05) is 0 Å². The van der Waals surface area contributed by atoms with Crippen LogP contribution >= 0.6 is 11.3 Å². The largest absolute Gasteiger partial charge is 0.493 e. The molecule has 0 fully saturated rings. The van der Waals surface area contributed by atoms with Gasteiger partial charge in [0, 0.05) is 6.07 Å². The highest BCUT2D eigenvalue weighted by atomic mass is 32.2. The third-order valence-electron chi connectivity index (χ3n) is 2.96. The smallest absolute Gasteiger partial charge is 0.275 e. The van der Waals surface area contributed by atoms with Crippen molar-refractivity contribution in [3.05, 3.63) is 40.1 Å². The number of thiophene rings is 1. The molecule has 6 nitrogen and oxygen atoms in total. The normalized spacial score (nSPS) is 11.0. The molecular weight excluding hydrogens is 326 g/mol. The Hall–Kier alpha value is -2.06. The SMILES string of the molecule is COc1ccc(S(=O)(=O)NC(=O)c2sccc2C)cc1OC. The zero-order valence-electron chi connectivity index (χ0n) is 12.2. The van der Waals surface area contributed by atoms with Crippen molar-refractivity contribution >= 4 is 27.3 Å². The van der Waals surface area contributed by atoms with Crippen LogP contribution in [0.2, 0.25) is 0 Å². The zero-order chi connectivity index (χ0) is 16.3. The third-order valence-corrected chi connectivity index (χ3v) is 5.30. The van der Waals surface area contributed by atoms with Crippen molar-refractivity contribution in [1.29, 1.82) is 0 Å². The topological polar surface area (TPSA) is 81.7 Å². The van der Waals surface area contributed by atoms with Gasteiger partial charge in [-0.05, 0) is 36.1 Å². The first-order valence-electron chi connectivity index (χ1n) is 6.22. The standard InChI is InChI=1S/C14H15NO5S2/c1-9-6-7-21-13(9)14(16)15-22(17,18)10-4-5-11(19-2)12(8-10)20-3/h4-8H,1-3H3,(H,15,16). The molecule has 0 aliphatic carbocycles. The van der Waals surface area contributed by atoms with Gasteiger partial charge >= 0.3 is 0 Å². The van der Waals surface area contributed by atoms with Gasteiger partial charge in [-0.2, -0.15) is 0 Å². The van der Waals surface area contributed by atoms with Crippen LogP contribution in [0.1, 0.15) is 15.2 Å². The fourth-order valence-corrected chi connectivity index (χ4v) is 3.67. The van der Waals surface area contributed by atoms with E-state index in [0.717, 1.165) is 5.56 Å². The summed E-state index contributed by atoms with van der Waals surface area (Å²) >= 11 is 1.19. The van der Waals surface area contributed by atoms with Gasteiger partial charge < -0.3 is 9.47 Å².